The van der Waals surface area contributed by atoms with Crippen LogP contribution >= 0.6 is 15.8 Å². The van der Waals surface area contributed by atoms with Crippen molar-refractivity contribution in [2.24, 2.45) is 0 Å². The third-order valence-corrected chi connectivity index (χ3v) is 11.6. The summed E-state index contributed by atoms with van der Waals surface area (Å²) in [5, 5.41) is 5.83. The molecular weight excluding hydrogens is 962 g/mol. The van der Waals surface area contributed by atoms with E-state index in [0.717, 1.165) is 0 Å². The maximum atomic E-state index is 7.50. The molecule has 2 aliphatic carbocycles. The Morgan fingerprint density at radius 2 is 0.447 bits per heavy atom. The monoisotopic (exact) mass is 994 g/mol. The standard InChI is InChI=1S/C25H22P2.2C5H5.4CO.2W/c1-5-13-22(14-6-1)26(23-15-7-2-8-16-23)21-27(24-17-9-3-10-18-24)25-19-11-4-12-20-25;2*1-2-4-5-3-1;4*1-2;;/h1-20H,21H2;2*1-5H;;;;;;. The zero-order valence-corrected chi connectivity index (χ0v) is 33.0. The van der Waals surface area contributed by atoms with Gasteiger partial charge in [-0.1, -0.05) is 121 Å². The Labute approximate surface area is 313 Å². The van der Waals surface area contributed by atoms with Gasteiger partial charge in [-0.2, -0.15) is 0 Å². The largest absolute Gasteiger partial charge is 0.0622 e. The minimum absolute atomic E-state index is 0. The van der Waals surface area contributed by atoms with E-state index in [1.54, 1.807) is 0 Å². The molecule has 0 saturated heterocycles. The summed E-state index contributed by atoms with van der Waals surface area (Å²) >= 11 is 0. The zero-order chi connectivity index (χ0) is 33.4. The molecule has 6 rings (SSSR count). The van der Waals surface area contributed by atoms with E-state index in [1.807, 2.05) is 64.2 Å². The Kier molecular flexibility index (Phi) is 38.8. The molecule has 4 aromatic rings. The molecule has 0 amide bonds. The van der Waals surface area contributed by atoms with Gasteiger partial charge in [0.1, 0.15) is 0 Å². The molecule has 0 heterocycles. The molecule has 0 N–H and O–H groups in total. The van der Waals surface area contributed by atoms with Crippen molar-refractivity contribution in [2.75, 3.05) is 5.90 Å². The van der Waals surface area contributed by atoms with Gasteiger partial charge in [0, 0.05) is 48.0 Å². The van der Waals surface area contributed by atoms with Crippen molar-refractivity contribution in [3.63, 3.8) is 0 Å². The average molecular weight is 994 g/mol. The van der Waals surface area contributed by atoms with E-state index in [0.29, 0.717) is 0 Å². The number of hydrogen-bond donors (Lipinski definition) is 0. The van der Waals surface area contributed by atoms with Crippen LogP contribution in [0.3, 0.4) is 0 Å². The van der Waals surface area contributed by atoms with Crippen molar-refractivity contribution in [3.8, 4) is 0 Å². The quantitative estimate of drug-likeness (QED) is 0.112. The summed E-state index contributed by atoms with van der Waals surface area (Å²) < 4.78 is 30.0. The van der Waals surface area contributed by atoms with Crippen molar-refractivity contribution in [1.29, 1.82) is 0 Å². The molecule has 2 aliphatic rings. The van der Waals surface area contributed by atoms with Crippen LogP contribution in [-0.4, -0.2) is 5.90 Å². The Morgan fingerprint density at radius 3 is 0.596 bits per heavy atom. The first-order valence-electron chi connectivity index (χ1n) is 13.3. The fourth-order valence-electron chi connectivity index (χ4n) is 3.84. The second-order valence-electron chi connectivity index (χ2n) is 8.26. The van der Waals surface area contributed by atoms with Crippen LogP contribution in [-0.2, 0) is 60.7 Å². The van der Waals surface area contributed by atoms with E-state index in [-0.39, 0.29) is 42.1 Å². The summed E-state index contributed by atoms with van der Waals surface area (Å²) in [7, 11) is -0.817. The van der Waals surface area contributed by atoms with Gasteiger partial charge in [-0.15, -0.1) is 0 Å². The smallest absolute Gasteiger partial charge is 0.00405 e. The molecule has 10 radical (unpaired) electrons. The van der Waals surface area contributed by atoms with Crippen molar-refractivity contribution in [3.05, 3.63) is 212 Å². The molecule has 2 saturated carbocycles. The first-order chi connectivity index (χ1) is 22.4. The zero-order valence-electron chi connectivity index (χ0n) is 25.4. The topological polar surface area (TPSA) is 79.6 Å². The third-order valence-electron chi connectivity index (χ3n) is 5.67. The molecule has 2 fully saturated rings. The minimum atomic E-state index is -0.409. The van der Waals surface area contributed by atoms with Crippen molar-refractivity contribution >= 4 is 37.1 Å². The molecular formula is C39H32O4P2W2. The molecule has 0 bridgehead atoms. The third kappa shape index (κ3) is 21.6. The van der Waals surface area contributed by atoms with Gasteiger partial charge in [-0.3, -0.25) is 0 Å². The molecule has 0 aromatic heterocycles. The average Bonchev–Trinajstić information content (AvgIpc) is 3.95. The van der Waals surface area contributed by atoms with Gasteiger partial charge in [-0.05, 0) is 101 Å². The van der Waals surface area contributed by atoms with Gasteiger partial charge in [0.25, 0.3) is 0 Å². The summed E-state index contributed by atoms with van der Waals surface area (Å²) in [5.41, 5.74) is 0. The van der Waals surface area contributed by atoms with Crippen LogP contribution in [0, 0.1) is 90.8 Å². The molecule has 4 nitrogen and oxygen atoms in total. The van der Waals surface area contributed by atoms with Gasteiger partial charge in [0.05, 0.1) is 0 Å². The Balaban J connectivity index is -0.000000804. The molecule has 0 aliphatic heterocycles. The van der Waals surface area contributed by atoms with E-state index in [9.17, 15) is 0 Å². The van der Waals surface area contributed by atoms with Crippen LogP contribution in [0.25, 0.3) is 0 Å². The number of rotatable bonds is 6. The predicted octanol–water partition coefficient (Wildman–Crippen LogP) is 7.10. The molecule has 0 spiro atoms. The van der Waals surface area contributed by atoms with Crippen LogP contribution in [0.4, 0.5) is 0 Å². The molecule has 0 atom stereocenters. The summed E-state index contributed by atoms with van der Waals surface area (Å²) in [6.45, 7) is 18.0. The van der Waals surface area contributed by atoms with E-state index < -0.39 is 15.8 Å². The minimum Gasteiger partial charge on any atom is -0.0622 e. The van der Waals surface area contributed by atoms with Crippen LogP contribution in [0.15, 0.2) is 121 Å². The van der Waals surface area contributed by atoms with Gasteiger partial charge < -0.3 is 0 Å². The fourth-order valence-corrected chi connectivity index (χ4v) is 10.3. The Bertz CT molecular complexity index is 1090. The van der Waals surface area contributed by atoms with Crippen LogP contribution in [0.5, 0.6) is 0 Å². The molecule has 4 aromatic carbocycles. The van der Waals surface area contributed by atoms with E-state index in [4.69, 9.17) is 18.6 Å². The second-order valence-corrected chi connectivity index (χ2v) is 13.2. The molecule has 0 unspecified atom stereocenters. The van der Waals surface area contributed by atoms with Crippen LogP contribution < -0.4 is 21.2 Å². The summed E-state index contributed by atoms with van der Waals surface area (Å²) in [5.74, 6) is 1.17. The second kappa shape index (κ2) is 36.9. The van der Waals surface area contributed by atoms with E-state index in [2.05, 4.69) is 148 Å². The summed E-state index contributed by atoms with van der Waals surface area (Å²) in [6.07, 6.45) is 20.0. The van der Waals surface area contributed by atoms with Crippen molar-refractivity contribution in [1.82, 2.24) is 0 Å². The molecule has 234 valence electrons. The fraction of sp³-hybridized carbons (Fsp3) is 0.0256. The van der Waals surface area contributed by atoms with Gasteiger partial charge in [-0.25, -0.2) is 0 Å². The summed E-state index contributed by atoms with van der Waals surface area (Å²) in [6, 6.07) is 44.1. The van der Waals surface area contributed by atoms with E-state index in [1.165, 1.54) is 27.1 Å². The summed E-state index contributed by atoms with van der Waals surface area (Å²) in [4.78, 5) is 0. The maximum absolute atomic E-state index is 7.50. The number of benzene rings is 4. The SMILES string of the molecule is [C-]#[O+].[C-]#[O+].[C-]#[O+].[C-]#[O+].[CH]1[CH][CH][CH][CH]1.[CH]1[CH][CH][CH][CH]1.[W].[W].c1ccc(P(CP(c2ccccc2)c2ccccc2)c2ccccc2)cc1. The normalized spacial score (nSPS) is 11.6. The Hall–Kier alpha value is -1.92. The molecule has 8 heteroatoms. The predicted molar refractivity (Wildman–Crippen MR) is 182 cm³/mol. The van der Waals surface area contributed by atoms with Crippen molar-refractivity contribution < 1.29 is 60.7 Å². The van der Waals surface area contributed by atoms with Gasteiger partial charge in [0.2, 0.25) is 0 Å². The van der Waals surface area contributed by atoms with Crippen LogP contribution in [0.1, 0.15) is 0 Å². The first-order valence-corrected chi connectivity index (χ1v) is 16.4. The first kappa shape index (κ1) is 49.5. The number of hydrogen-bond acceptors (Lipinski definition) is 0. The van der Waals surface area contributed by atoms with Gasteiger partial charge in [0.15, 0.2) is 0 Å². The maximum Gasteiger partial charge on any atom is 0.00405 e. The van der Waals surface area contributed by atoms with Crippen LogP contribution in [0.2, 0.25) is 0 Å². The van der Waals surface area contributed by atoms with Gasteiger partial charge >= 0.3 is 45.2 Å². The molecule has 47 heavy (non-hydrogen) atoms. The van der Waals surface area contributed by atoms with Crippen molar-refractivity contribution in [2.45, 2.75) is 0 Å². The Morgan fingerprint density at radius 1 is 0.298 bits per heavy atom. The van der Waals surface area contributed by atoms with E-state index >= 15 is 0 Å².